The second-order valence-electron chi connectivity index (χ2n) is 3.14. The zero-order valence-corrected chi connectivity index (χ0v) is 8.37. The van der Waals surface area contributed by atoms with Crippen molar-refractivity contribution in [1.82, 2.24) is 0 Å². The minimum Gasteiger partial charge on any atom is -0.505 e. The number of aromatic carboxylic acids is 1. The van der Waals surface area contributed by atoms with E-state index in [0.29, 0.717) is 5.56 Å². The number of carboxylic acid groups (broad SMARTS) is 1. The molecule has 1 rings (SSSR count). The third-order valence-corrected chi connectivity index (χ3v) is 1.91. The number of carbonyl (C=O) groups is 2. The monoisotopic (exact) mass is 209 g/mol. The summed E-state index contributed by atoms with van der Waals surface area (Å²) in [4.78, 5) is 21.6. The zero-order chi connectivity index (χ0) is 11.6. The van der Waals surface area contributed by atoms with E-state index in [1.165, 1.54) is 19.1 Å². The lowest BCUT2D eigenvalue weighted by Gasteiger charge is -2.10. The van der Waals surface area contributed by atoms with Crippen molar-refractivity contribution in [3.63, 3.8) is 0 Å². The lowest BCUT2D eigenvalue weighted by molar-refractivity contribution is -0.114. The molecule has 0 fully saturated rings. The number of carboxylic acids is 1. The highest BCUT2D eigenvalue weighted by molar-refractivity contribution is 6.02. The maximum Gasteiger partial charge on any atom is 0.337 e. The molecule has 0 unspecified atom stereocenters. The van der Waals surface area contributed by atoms with Crippen LogP contribution in [0.2, 0.25) is 0 Å². The lowest BCUT2D eigenvalue weighted by Crippen LogP contribution is -2.11. The van der Waals surface area contributed by atoms with Crippen molar-refractivity contribution in [1.29, 1.82) is 0 Å². The maximum atomic E-state index is 10.8. The van der Waals surface area contributed by atoms with Crippen LogP contribution in [0.15, 0.2) is 12.1 Å². The van der Waals surface area contributed by atoms with E-state index in [-0.39, 0.29) is 17.0 Å². The number of amides is 1. The number of hydrogen-bond donors (Lipinski definition) is 3. The summed E-state index contributed by atoms with van der Waals surface area (Å²) in [6.07, 6.45) is 0. The van der Waals surface area contributed by atoms with Crippen LogP contribution < -0.4 is 5.32 Å². The summed E-state index contributed by atoms with van der Waals surface area (Å²) in [7, 11) is 0. The molecule has 5 heteroatoms. The summed E-state index contributed by atoms with van der Waals surface area (Å²) in [5, 5.41) is 20.7. The van der Waals surface area contributed by atoms with Crippen LogP contribution in [0.25, 0.3) is 0 Å². The summed E-state index contributed by atoms with van der Waals surface area (Å²) in [6, 6.07) is 2.81. The van der Waals surface area contributed by atoms with E-state index in [1.807, 2.05) is 0 Å². The van der Waals surface area contributed by atoms with Crippen LogP contribution in [0.4, 0.5) is 5.69 Å². The van der Waals surface area contributed by atoms with Crippen LogP contribution in [0.5, 0.6) is 5.75 Å². The van der Waals surface area contributed by atoms with E-state index in [1.54, 1.807) is 6.92 Å². The SMILES string of the molecule is CC(=O)Nc1c(C(=O)O)ccc(C)c1O. The Morgan fingerprint density at radius 1 is 1.33 bits per heavy atom. The molecule has 0 aliphatic heterocycles. The molecule has 80 valence electrons. The Labute approximate surface area is 86.4 Å². The van der Waals surface area contributed by atoms with Crippen LogP contribution in [0, 0.1) is 6.92 Å². The molecule has 0 aliphatic carbocycles. The van der Waals surface area contributed by atoms with Crippen LogP contribution in [-0.2, 0) is 4.79 Å². The number of rotatable bonds is 2. The first-order valence-corrected chi connectivity index (χ1v) is 4.27. The molecule has 0 saturated heterocycles. The average Bonchev–Trinajstić information content (AvgIpc) is 2.12. The summed E-state index contributed by atoms with van der Waals surface area (Å²) in [5.41, 5.74) is 0.312. The van der Waals surface area contributed by atoms with E-state index in [9.17, 15) is 14.7 Å². The number of hydrogen-bond acceptors (Lipinski definition) is 3. The number of phenolic OH excluding ortho intramolecular Hbond substituents is 1. The van der Waals surface area contributed by atoms with E-state index < -0.39 is 11.9 Å². The summed E-state index contributed by atoms with van der Waals surface area (Å²) < 4.78 is 0. The van der Waals surface area contributed by atoms with Gasteiger partial charge < -0.3 is 15.5 Å². The Morgan fingerprint density at radius 2 is 1.93 bits per heavy atom. The molecule has 0 radical (unpaired) electrons. The van der Waals surface area contributed by atoms with E-state index in [2.05, 4.69) is 5.32 Å². The fourth-order valence-corrected chi connectivity index (χ4v) is 1.18. The standard InChI is InChI=1S/C10H11NO4/c1-5-3-4-7(10(14)15)8(9(5)13)11-6(2)12/h3-4,13H,1-2H3,(H,11,12)(H,14,15). The highest BCUT2D eigenvalue weighted by Crippen LogP contribution is 2.30. The Bertz CT molecular complexity index is 426. The molecule has 1 aromatic rings. The van der Waals surface area contributed by atoms with E-state index in [0.717, 1.165) is 0 Å². The quantitative estimate of drug-likeness (QED) is 0.642. The molecule has 0 saturated carbocycles. The molecular formula is C10H11NO4. The predicted molar refractivity (Wildman–Crippen MR) is 54.1 cm³/mol. The first-order chi connectivity index (χ1) is 6.93. The Balaban J connectivity index is 3.34. The van der Waals surface area contributed by atoms with Gasteiger partial charge in [0.05, 0.1) is 11.3 Å². The van der Waals surface area contributed by atoms with Gasteiger partial charge in [-0.2, -0.15) is 0 Å². The van der Waals surface area contributed by atoms with Gasteiger partial charge in [-0.3, -0.25) is 4.79 Å². The summed E-state index contributed by atoms with van der Waals surface area (Å²) in [6.45, 7) is 2.86. The largest absolute Gasteiger partial charge is 0.505 e. The van der Waals surface area contributed by atoms with E-state index in [4.69, 9.17) is 5.11 Å². The van der Waals surface area contributed by atoms with Gasteiger partial charge in [0, 0.05) is 6.92 Å². The van der Waals surface area contributed by atoms with Gasteiger partial charge >= 0.3 is 5.97 Å². The molecule has 1 aromatic carbocycles. The second-order valence-corrected chi connectivity index (χ2v) is 3.14. The number of carbonyl (C=O) groups excluding carboxylic acids is 1. The van der Waals surface area contributed by atoms with Gasteiger partial charge in [0.2, 0.25) is 5.91 Å². The van der Waals surface area contributed by atoms with Crippen molar-refractivity contribution < 1.29 is 19.8 Å². The van der Waals surface area contributed by atoms with Crippen molar-refractivity contribution in [2.45, 2.75) is 13.8 Å². The molecule has 0 bridgehead atoms. The van der Waals surface area contributed by atoms with E-state index >= 15 is 0 Å². The number of phenols is 1. The van der Waals surface area contributed by atoms with Crippen LogP contribution in [-0.4, -0.2) is 22.1 Å². The van der Waals surface area contributed by atoms with Gasteiger partial charge in [-0.05, 0) is 18.6 Å². The van der Waals surface area contributed by atoms with Crippen LogP contribution >= 0.6 is 0 Å². The maximum absolute atomic E-state index is 10.8. The Morgan fingerprint density at radius 3 is 2.40 bits per heavy atom. The smallest absolute Gasteiger partial charge is 0.337 e. The third-order valence-electron chi connectivity index (χ3n) is 1.91. The first kappa shape index (κ1) is 11.0. The second kappa shape index (κ2) is 4.00. The van der Waals surface area contributed by atoms with Crippen molar-refractivity contribution in [3.05, 3.63) is 23.3 Å². The fraction of sp³-hybridized carbons (Fsp3) is 0.200. The number of anilines is 1. The molecule has 0 spiro atoms. The third kappa shape index (κ3) is 2.25. The normalized spacial score (nSPS) is 9.73. The summed E-state index contributed by atoms with van der Waals surface area (Å²) >= 11 is 0. The predicted octanol–water partition coefficient (Wildman–Crippen LogP) is 1.36. The Hall–Kier alpha value is -2.04. The van der Waals surface area contributed by atoms with Crippen molar-refractivity contribution in [3.8, 4) is 5.75 Å². The van der Waals surface area contributed by atoms with Crippen molar-refractivity contribution in [2.24, 2.45) is 0 Å². The van der Waals surface area contributed by atoms with Gasteiger partial charge in [0.25, 0.3) is 0 Å². The number of aryl methyl sites for hydroxylation is 1. The molecule has 15 heavy (non-hydrogen) atoms. The first-order valence-electron chi connectivity index (χ1n) is 4.27. The highest BCUT2D eigenvalue weighted by Gasteiger charge is 2.16. The van der Waals surface area contributed by atoms with Gasteiger partial charge in [-0.15, -0.1) is 0 Å². The van der Waals surface area contributed by atoms with Crippen LogP contribution in [0.1, 0.15) is 22.8 Å². The Kier molecular flexibility index (Phi) is 2.94. The molecule has 0 heterocycles. The molecule has 1 amide bonds. The fourth-order valence-electron chi connectivity index (χ4n) is 1.18. The van der Waals surface area contributed by atoms with Gasteiger partial charge in [-0.25, -0.2) is 4.79 Å². The average molecular weight is 209 g/mol. The minimum absolute atomic E-state index is 0.0602. The molecular weight excluding hydrogens is 198 g/mol. The molecule has 0 atom stereocenters. The van der Waals surface area contributed by atoms with Crippen molar-refractivity contribution >= 4 is 17.6 Å². The van der Waals surface area contributed by atoms with Gasteiger partial charge in [0.15, 0.2) is 0 Å². The topological polar surface area (TPSA) is 86.6 Å². The minimum atomic E-state index is -1.20. The molecule has 3 N–H and O–H groups in total. The van der Waals surface area contributed by atoms with Gasteiger partial charge in [0.1, 0.15) is 5.75 Å². The summed E-state index contributed by atoms with van der Waals surface area (Å²) in [5.74, 6) is -1.85. The number of aromatic hydroxyl groups is 1. The lowest BCUT2D eigenvalue weighted by atomic mass is 10.1. The molecule has 0 aliphatic rings. The molecule has 0 aromatic heterocycles. The van der Waals surface area contributed by atoms with Gasteiger partial charge in [-0.1, -0.05) is 6.07 Å². The highest BCUT2D eigenvalue weighted by atomic mass is 16.4. The van der Waals surface area contributed by atoms with Crippen molar-refractivity contribution in [2.75, 3.05) is 5.32 Å². The number of nitrogens with one attached hydrogen (secondary N) is 1. The number of benzene rings is 1. The molecule has 5 nitrogen and oxygen atoms in total. The zero-order valence-electron chi connectivity index (χ0n) is 8.37. The van der Waals surface area contributed by atoms with Crippen LogP contribution in [0.3, 0.4) is 0 Å².